The highest BCUT2D eigenvalue weighted by Gasteiger charge is 2.40. The van der Waals surface area contributed by atoms with Crippen molar-refractivity contribution in [3.8, 4) is 0 Å². The molecule has 0 unspecified atom stereocenters. The maximum absolute atomic E-state index is 6.51. The predicted molar refractivity (Wildman–Crippen MR) is 83.3 cm³/mol. The summed E-state index contributed by atoms with van der Waals surface area (Å²) in [6.07, 6.45) is 4.08. The molecule has 0 aromatic carbocycles. The lowest BCUT2D eigenvalue weighted by molar-refractivity contribution is 0.221. The van der Waals surface area contributed by atoms with E-state index in [1.807, 2.05) is 6.08 Å². The van der Waals surface area contributed by atoms with Gasteiger partial charge in [0.1, 0.15) is 0 Å². The molecule has 0 radical (unpaired) electrons. The number of rotatable bonds is 4. The van der Waals surface area contributed by atoms with Gasteiger partial charge in [-0.15, -0.1) is 6.58 Å². The van der Waals surface area contributed by atoms with Gasteiger partial charge in [0.05, 0.1) is 6.10 Å². The number of hydrogen-bond acceptors (Lipinski definition) is 1. The molecule has 1 atom stereocenters. The lowest BCUT2D eigenvalue weighted by Gasteiger charge is -2.38. The van der Waals surface area contributed by atoms with Crippen molar-refractivity contribution in [2.75, 3.05) is 0 Å². The van der Waals surface area contributed by atoms with Crippen molar-refractivity contribution < 1.29 is 4.43 Å². The molecule has 102 valence electrons. The molecular formula is C16H28OSi. The Bertz CT molecular complexity index is 382. The van der Waals surface area contributed by atoms with Crippen molar-refractivity contribution in [2.45, 2.75) is 64.8 Å². The molecule has 0 aromatic heterocycles. The zero-order valence-corrected chi connectivity index (χ0v) is 13.9. The molecule has 0 saturated heterocycles. The standard InChI is InChI=1S/C16H28OSi/c1-9-10-14-12(2)11-15(13(14)3)17-18(7,8)16(4,5)6/h9,15H,1-2,10-11H2,3-8H3/t15-/m0/s1. The first-order chi connectivity index (χ1) is 8.10. The van der Waals surface area contributed by atoms with Crippen molar-refractivity contribution in [1.29, 1.82) is 0 Å². The van der Waals surface area contributed by atoms with Crippen molar-refractivity contribution in [3.63, 3.8) is 0 Å². The second-order valence-electron chi connectivity index (χ2n) is 6.83. The van der Waals surface area contributed by atoms with Gasteiger partial charge in [-0.05, 0) is 48.2 Å². The van der Waals surface area contributed by atoms with Crippen LogP contribution in [0.4, 0.5) is 0 Å². The van der Waals surface area contributed by atoms with Crippen LogP contribution in [-0.2, 0) is 4.43 Å². The van der Waals surface area contributed by atoms with Crippen LogP contribution in [0.2, 0.25) is 18.1 Å². The molecule has 1 aliphatic carbocycles. The summed E-state index contributed by atoms with van der Waals surface area (Å²) in [7, 11) is -1.69. The maximum atomic E-state index is 6.51. The molecule has 1 aliphatic rings. The largest absolute Gasteiger partial charge is 0.410 e. The van der Waals surface area contributed by atoms with Crippen LogP contribution < -0.4 is 0 Å². The molecule has 0 aliphatic heterocycles. The molecule has 0 saturated carbocycles. The lowest BCUT2D eigenvalue weighted by Crippen LogP contribution is -2.43. The molecule has 1 rings (SSSR count). The SMILES string of the molecule is C=CCC1=C(C)[C@@H](O[Si](C)(C)C(C)(C)C)CC1=C. The van der Waals surface area contributed by atoms with Gasteiger partial charge in [-0.25, -0.2) is 0 Å². The summed E-state index contributed by atoms with van der Waals surface area (Å²) in [5.74, 6) is 0. The molecule has 18 heavy (non-hydrogen) atoms. The van der Waals surface area contributed by atoms with Gasteiger partial charge in [-0.2, -0.15) is 0 Å². The summed E-state index contributed by atoms with van der Waals surface area (Å²) in [6.45, 7) is 21.7. The van der Waals surface area contributed by atoms with Gasteiger partial charge in [-0.3, -0.25) is 0 Å². The predicted octanol–water partition coefficient (Wildman–Crippen LogP) is 5.23. The molecule has 0 aromatic rings. The van der Waals surface area contributed by atoms with Gasteiger partial charge < -0.3 is 4.43 Å². The summed E-state index contributed by atoms with van der Waals surface area (Å²) in [6, 6.07) is 0. The van der Waals surface area contributed by atoms with E-state index in [2.05, 4.69) is 53.9 Å². The fraction of sp³-hybridized carbons (Fsp3) is 0.625. The smallest absolute Gasteiger partial charge is 0.192 e. The van der Waals surface area contributed by atoms with Gasteiger partial charge in [0.25, 0.3) is 0 Å². The Morgan fingerprint density at radius 1 is 1.39 bits per heavy atom. The second-order valence-corrected chi connectivity index (χ2v) is 11.6. The molecule has 0 heterocycles. The monoisotopic (exact) mass is 264 g/mol. The third-order valence-corrected chi connectivity index (χ3v) is 8.90. The highest BCUT2D eigenvalue weighted by molar-refractivity contribution is 6.74. The Morgan fingerprint density at radius 2 is 1.94 bits per heavy atom. The quantitative estimate of drug-likeness (QED) is 0.499. The van der Waals surface area contributed by atoms with Crippen LogP contribution in [-0.4, -0.2) is 14.4 Å². The van der Waals surface area contributed by atoms with E-state index in [0.717, 1.165) is 12.8 Å². The minimum Gasteiger partial charge on any atom is -0.410 e. The van der Waals surface area contributed by atoms with E-state index in [-0.39, 0.29) is 11.1 Å². The molecule has 0 bridgehead atoms. The van der Waals surface area contributed by atoms with E-state index < -0.39 is 8.32 Å². The van der Waals surface area contributed by atoms with Crippen LogP contribution in [0.25, 0.3) is 0 Å². The Kier molecular flexibility index (Phi) is 4.45. The van der Waals surface area contributed by atoms with Crippen molar-refractivity contribution >= 4 is 8.32 Å². The van der Waals surface area contributed by atoms with E-state index in [0.29, 0.717) is 0 Å². The zero-order chi connectivity index (χ0) is 14.1. The van der Waals surface area contributed by atoms with E-state index >= 15 is 0 Å². The van der Waals surface area contributed by atoms with Gasteiger partial charge in [0, 0.05) is 6.42 Å². The van der Waals surface area contributed by atoms with E-state index in [1.165, 1.54) is 16.7 Å². The maximum Gasteiger partial charge on any atom is 0.192 e. The molecule has 0 fully saturated rings. The first kappa shape index (κ1) is 15.5. The van der Waals surface area contributed by atoms with Crippen LogP contribution in [0.5, 0.6) is 0 Å². The summed E-state index contributed by atoms with van der Waals surface area (Å²) in [5, 5.41) is 0.260. The topological polar surface area (TPSA) is 9.23 Å². The van der Waals surface area contributed by atoms with E-state index in [9.17, 15) is 0 Å². The van der Waals surface area contributed by atoms with Crippen molar-refractivity contribution in [3.05, 3.63) is 36.0 Å². The Morgan fingerprint density at radius 3 is 2.39 bits per heavy atom. The minimum atomic E-state index is -1.69. The summed E-state index contributed by atoms with van der Waals surface area (Å²) in [5.41, 5.74) is 3.95. The summed E-state index contributed by atoms with van der Waals surface area (Å²) >= 11 is 0. The van der Waals surface area contributed by atoms with Crippen LogP contribution in [0, 0.1) is 0 Å². The Hall–Kier alpha value is -0.603. The molecule has 2 heteroatoms. The fourth-order valence-corrected chi connectivity index (χ4v) is 3.41. The Labute approximate surface area is 114 Å². The molecule has 1 nitrogen and oxygen atoms in total. The van der Waals surface area contributed by atoms with Crippen LogP contribution in [0.15, 0.2) is 36.0 Å². The normalized spacial score (nSPS) is 21.7. The van der Waals surface area contributed by atoms with Gasteiger partial charge in [0.15, 0.2) is 8.32 Å². The third-order valence-electron chi connectivity index (χ3n) is 4.41. The van der Waals surface area contributed by atoms with Gasteiger partial charge in [-0.1, -0.05) is 33.4 Å². The first-order valence-corrected chi connectivity index (χ1v) is 9.67. The van der Waals surface area contributed by atoms with E-state index in [1.54, 1.807) is 0 Å². The van der Waals surface area contributed by atoms with Crippen LogP contribution in [0.3, 0.4) is 0 Å². The van der Waals surface area contributed by atoms with Crippen molar-refractivity contribution in [1.82, 2.24) is 0 Å². The first-order valence-electron chi connectivity index (χ1n) is 6.76. The minimum absolute atomic E-state index is 0.244. The van der Waals surface area contributed by atoms with Gasteiger partial charge >= 0.3 is 0 Å². The average molecular weight is 264 g/mol. The number of allylic oxidation sites excluding steroid dienone is 2. The summed E-state index contributed by atoms with van der Waals surface area (Å²) in [4.78, 5) is 0. The molecule has 0 spiro atoms. The second kappa shape index (κ2) is 5.18. The molecule has 0 N–H and O–H groups in total. The van der Waals surface area contributed by atoms with E-state index in [4.69, 9.17) is 4.43 Å². The van der Waals surface area contributed by atoms with Crippen LogP contribution in [0.1, 0.15) is 40.5 Å². The van der Waals surface area contributed by atoms with Crippen LogP contribution >= 0.6 is 0 Å². The fourth-order valence-electron chi connectivity index (χ4n) is 2.09. The van der Waals surface area contributed by atoms with Crippen molar-refractivity contribution in [2.24, 2.45) is 0 Å². The lowest BCUT2D eigenvalue weighted by atomic mass is 10.1. The number of hydrogen-bond donors (Lipinski definition) is 0. The zero-order valence-electron chi connectivity index (χ0n) is 12.9. The highest BCUT2D eigenvalue weighted by atomic mass is 28.4. The third kappa shape index (κ3) is 3.04. The summed E-state index contributed by atoms with van der Waals surface area (Å²) < 4.78 is 6.51. The Balaban J connectivity index is 2.89. The molecular weight excluding hydrogens is 236 g/mol. The highest BCUT2D eigenvalue weighted by Crippen LogP contribution is 2.42. The van der Waals surface area contributed by atoms with Gasteiger partial charge in [0.2, 0.25) is 0 Å². The average Bonchev–Trinajstić information content (AvgIpc) is 2.44. The molecule has 0 amide bonds.